The van der Waals surface area contributed by atoms with Gasteiger partial charge in [-0.25, -0.2) is 0 Å². The van der Waals surface area contributed by atoms with Gasteiger partial charge in [0, 0.05) is 12.4 Å². The van der Waals surface area contributed by atoms with E-state index in [1.54, 1.807) is 6.20 Å². The van der Waals surface area contributed by atoms with E-state index in [4.69, 9.17) is 11.6 Å². The minimum absolute atomic E-state index is 0.00333. The molecule has 1 aromatic carbocycles. The van der Waals surface area contributed by atoms with Crippen LogP contribution >= 0.6 is 11.6 Å². The third-order valence-corrected chi connectivity index (χ3v) is 2.99. The summed E-state index contributed by atoms with van der Waals surface area (Å²) >= 11 is 6.34. The smallest absolute Gasteiger partial charge is 0.0640 e. The predicted octanol–water partition coefficient (Wildman–Crippen LogP) is 3.91. The molecule has 2 heteroatoms. The molecule has 16 heavy (non-hydrogen) atoms. The number of hydrogen-bond acceptors (Lipinski definition) is 1. The van der Waals surface area contributed by atoms with Crippen LogP contribution in [0.3, 0.4) is 0 Å². The highest BCUT2D eigenvalue weighted by atomic mass is 35.5. The first-order chi connectivity index (χ1) is 7.75. The second kappa shape index (κ2) is 5.13. The van der Waals surface area contributed by atoms with Gasteiger partial charge in [0.2, 0.25) is 0 Å². The summed E-state index contributed by atoms with van der Waals surface area (Å²) in [5.74, 6) is 0. The Morgan fingerprint density at radius 2 is 1.94 bits per heavy atom. The van der Waals surface area contributed by atoms with Crippen LogP contribution in [-0.4, -0.2) is 4.98 Å². The Bertz CT molecular complexity index is 436. The van der Waals surface area contributed by atoms with Gasteiger partial charge in [0.25, 0.3) is 0 Å². The number of halogens is 1. The third kappa shape index (κ3) is 2.83. The van der Waals surface area contributed by atoms with E-state index in [2.05, 4.69) is 36.2 Å². The molecule has 1 unspecified atom stereocenters. The monoisotopic (exact) mass is 231 g/mol. The largest absolute Gasteiger partial charge is 0.264 e. The maximum Gasteiger partial charge on any atom is 0.0640 e. The van der Waals surface area contributed by atoms with Crippen LogP contribution in [0.5, 0.6) is 0 Å². The van der Waals surface area contributed by atoms with E-state index >= 15 is 0 Å². The zero-order valence-electron chi connectivity index (χ0n) is 9.23. The summed E-state index contributed by atoms with van der Waals surface area (Å²) in [5.41, 5.74) is 3.61. The van der Waals surface area contributed by atoms with Crippen molar-refractivity contribution in [3.8, 4) is 0 Å². The summed E-state index contributed by atoms with van der Waals surface area (Å²) in [5, 5.41) is -0.00333. The van der Waals surface area contributed by atoms with Crippen LogP contribution in [0.1, 0.15) is 22.1 Å². The van der Waals surface area contributed by atoms with Gasteiger partial charge >= 0.3 is 0 Å². The van der Waals surface area contributed by atoms with Crippen molar-refractivity contribution >= 4 is 11.6 Å². The average Bonchev–Trinajstić information content (AvgIpc) is 2.33. The molecule has 1 nitrogen and oxygen atoms in total. The molecule has 1 aromatic heterocycles. The lowest BCUT2D eigenvalue weighted by Crippen LogP contribution is -1.96. The highest BCUT2D eigenvalue weighted by Crippen LogP contribution is 2.24. The minimum atomic E-state index is -0.00333. The number of alkyl halides is 1. The number of benzene rings is 1. The molecule has 82 valence electrons. The molecule has 0 amide bonds. The lowest BCUT2D eigenvalue weighted by molar-refractivity contribution is 0.910. The van der Waals surface area contributed by atoms with Crippen molar-refractivity contribution in [3.63, 3.8) is 0 Å². The van der Waals surface area contributed by atoms with Crippen LogP contribution in [-0.2, 0) is 6.42 Å². The van der Waals surface area contributed by atoms with E-state index in [9.17, 15) is 0 Å². The fourth-order valence-corrected chi connectivity index (χ4v) is 1.92. The second-order valence-corrected chi connectivity index (χ2v) is 4.47. The van der Waals surface area contributed by atoms with E-state index in [1.807, 2.05) is 18.3 Å². The first kappa shape index (κ1) is 11.2. The van der Waals surface area contributed by atoms with Gasteiger partial charge in [-0.05, 0) is 30.5 Å². The maximum absolute atomic E-state index is 6.34. The Balaban J connectivity index is 2.08. The number of nitrogens with zero attached hydrogens (tertiary/aromatic N) is 1. The third-order valence-electron chi connectivity index (χ3n) is 2.58. The first-order valence-electron chi connectivity index (χ1n) is 5.35. The molecular formula is C14H14ClN. The summed E-state index contributed by atoms with van der Waals surface area (Å²) in [6, 6.07) is 12.4. The van der Waals surface area contributed by atoms with Crippen molar-refractivity contribution in [1.29, 1.82) is 0 Å². The van der Waals surface area contributed by atoms with Crippen LogP contribution in [0.25, 0.3) is 0 Å². The highest BCUT2D eigenvalue weighted by molar-refractivity contribution is 6.20. The summed E-state index contributed by atoms with van der Waals surface area (Å²) < 4.78 is 0. The van der Waals surface area contributed by atoms with Crippen LogP contribution < -0.4 is 0 Å². The van der Waals surface area contributed by atoms with Crippen molar-refractivity contribution in [1.82, 2.24) is 4.98 Å². The molecular weight excluding hydrogens is 218 g/mol. The normalized spacial score (nSPS) is 12.4. The van der Waals surface area contributed by atoms with Crippen LogP contribution in [0.2, 0.25) is 0 Å². The standard InChI is InChI=1S/C14H14ClN/c1-11-4-6-12(7-5-11)9-14(15)13-3-2-8-16-10-13/h2-8,10,14H,9H2,1H3. The van der Waals surface area contributed by atoms with Crippen LogP contribution in [0.4, 0.5) is 0 Å². The molecule has 0 saturated carbocycles. The summed E-state index contributed by atoms with van der Waals surface area (Å²) in [6.07, 6.45) is 4.43. The molecule has 0 aliphatic heterocycles. The molecule has 1 heterocycles. The minimum Gasteiger partial charge on any atom is -0.264 e. The van der Waals surface area contributed by atoms with Crippen molar-refractivity contribution in [2.75, 3.05) is 0 Å². The molecule has 0 N–H and O–H groups in total. The van der Waals surface area contributed by atoms with E-state index in [0.717, 1.165) is 12.0 Å². The van der Waals surface area contributed by atoms with Crippen LogP contribution in [0, 0.1) is 6.92 Å². The SMILES string of the molecule is Cc1ccc(CC(Cl)c2cccnc2)cc1. The number of aromatic nitrogens is 1. The summed E-state index contributed by atoms with van der Waals surface area (Å²) in [7, 11) is 0. The first-order valence-corrected chi connectivity index (χ1v) is 5.79. The molecule has 0 saturated heterocycles. The van der Waals surface area contributed by atoms with E-state index < -0.39 is 0 Å². The number of pyridine rings is 1. The zero-order valence-corrected chi connectivity index (χ0v) is 9.98. The Labute approximate surface area is 101 Å². The summed E-state index contributed by atoms with van der Waals surface area (Å²) in [6.45, 7) is 2.09. The quantitative estimate of drug-likeness (QED) is 0.730. The molecule has 0 fully saturated rings. The lowest BCUT2D eigenvalue weighted by Gasteiger charge is -2.09. The molecule has 1 atom stereocenters. The van der Waals surface area contributed by atoms with Gasteiger partial charge < -0.3 is 0 Å². The lowest BCUT2D eigenvalue weighted by atomic mass is 10.0. The Hall–Kier alpha value is -1.34. The van der Waals surface area contributed by atoms with Gasteiger partial charge in [0.15, 0.2) is 0 Å². The van der Waals surface area contributed by atoms with E-state index in [-0.39, 0.29) is 5.38 Å². The van der Waals surface area contributed by atoms with Gasteiger partial charge in [-0.3, -0.25) is 4.98 Å². The van der Waals surface area contributed by atoms with Gasteiger partial charge in [-0.2, -0.15) is 0 Å². The topological polar surface area (TPSA) is 12.9 Å². The number of hydrogen-bond donors (Lipinski definition) is 0. The van der Waals surface area contributed by atoms with Crippen molar-refractivity contribution in [2.24, 2.45) is 0 Å². The van der Waals surface area contributed by atoms with Gasteiger partial charge in [-0.1, -0.05) is 35.9 Å². The summed E-state index contributed by atoms with van der Waals surface area (Å²) in [4.78, 5) is 4.08. The Morgan fingerprint density at radius 3 is 2.56 bits per heavy atom. The van der Waals surface area contributed by atoms with Crippen molar-refractivity contribution < 1.29 is 0 Å². The number of rotatable bonds is 3. The molecule has 0 aliphatic carbocycles. The highest BCUT2D eigenvalue weighted by Gasteiger charge is 2.08. The van der Waals surface area contributed by atoms with Gasteiger partial charge in [0.1, 0.15) is 0 Å². The fourth-order valence-electron chi connectivity index (χ4n) is 1.61. The predicted molar refractivity (Wildman–Crippen MR) is 67.7 cm³/mol. The molecule has 2 aromatic rings. The molecule has 0 radical (unpaired) electrons. The fraction of sp³-hybridized carbons (Fsp3) is 0.214. The second-order valence-electron chi connectivity index (χ2n) is 3.94. The van der Waals surface area contributed by atoms with E-state index in [0.29, 0.717) is 0 Å². The van der Waals surface area contributed by atoms with E-state index in [1.165, 1.54) is 11.1 Å². The molecule has 2 rings (SSSR count). The van der Waals surface area contributed by atoms with Crippen LogP contribution in [0.15, 0.2) is 48.8 Å². The Kier molecular flexibility index (Phi) is 3.58. The van der Waals surface area contributed by atoms with Gasteiger partial charge in [0.05, 0.1) is 5.38 Å². The number of aryl methyl sites for hydroxylation is 1. The Morgan fingerprint density at radius 1 is 1.19 bits per heavy atom. The van der Waals surface area contributed by atoms with Gasteiger partial charge in [-0.15, -0.1) is 11.6 Å². The maximum atomic E-state index is 6.34. The van der Waals surface area contributed by atoms with Crippen molar-refractivity contribution in [3.05, 3.63) is 65.5 Å². The zero-order chi connectivity index (χ0) is 11.4. The molecule has 0 aliphatic rings. The average molecular weight is 232 g/mol. The molecule has 0 bridgehead atoms. The van der Waals surface area contributed by atoms with Crippen molar-refractivity contribution in [2.45, 2.75) is 18.7 Å². The molecule has 0 spiro atoms.